The molecule has 1 aliphatic heterocycles. The lowest BCUT2D eigenvalue weighted by molar-refractivity contribution is 0.0204. The molecule has 0 atom stereocenters. The van der Waals surface area contributed by atoms with Gasteiger partial charge in [-0.15, -0.1) is 0 Å². The maximum Gasteiger partial charge on any atom is 0.374 e. The van der Waals surface area contributed by atoms with Crippen molar-refractivity contribution >= 4 is 11.9 Å². The summed E-state index contributed by atoms with van der Waals surface area (Å²) in [5.41, 5.74) is 0. The number of hydrogen-bond acceptors (Lipinski definition) is 5. The third-order valence-electron chi connectivity index (χ3n) is 2.01. The Kier molecular flexibility index (Phi) is 2.45. The van der Waals surface area contributed by atoms with Gasteiger partial charge in [0.1, 0.15) is 0 Å². The lowest BCUT2D eigenvalue weighted by Gasteiger charge is -2.12. The summed E-state index contributed by atoms with van der Waals surface area (Å²) in [6.07, 6.45) is 0. The van der Waals surface area contributed by atoms with Gasteiger partial charge in [-0.05, 0) is 12.1 Å². The molecule has 1 aliphatic rings. The van der Waals surface area contributed by atoms with Crippen molar-refractivity contribution in [3.63, 3.8) is 0 Å². The van der Waals surface area contributed by atoms with Gasteiger partial charge in [0.2, 0.25) is 11.5 Å². The van der Waals surface area contributed by atoms with E-state index in [1.54, 1.807) is 0 Å². The van der Waals surface area contributed by atoms with Gasteiger partial charge in [-0.25, -0.2) is 9.59 Å². The molecule has 1 aromatic heterocycles. The number of carbonyl (C=O) groups excluding carboxylic acids is 2. The molecule has 0 N–H and O–H groups in total. The van der Waals surface area contributed by atoms with Gasteiger partial charge in [0.05, 0.1) is 13.2 Å². The van der Waals surface area contributed by atoms with E-state index < -0.39 is 11.9 Å². The summed E-state index contributed by atoms with van der Waals surface area (Å²) in [7, 11) is 0. The minimum Gasteiger partial charge on any atom is -0.459 e. The quantitative estimate of drug-likeness (QED) is 0.603. The lowest BCUT2D eigenvalue weighted by Crippen LogP contribution is -2.19. The smallest absolute Gasteiger partial charge is 0.374 e. The first-order valence-electron chi connectivity index (χ1n) is 4.61. The minimum atomic E-state index is -0.553. The van der Waals surface area contributed by atoms with E-state index in [1.165, 1.54) is 12.1 Å². The van der Waals surface area contributed by atoms with Crippen molar-refractivity contribution in [2.75, 3.05) is 13.2 Å². The van der Waals surface area contributed by atoms with Gasteiger partial charge >= 0.3 is 11.9 Å². The normalized spacial score (nSPS) is 18.2. The summed E-state index contributed by atoms with van der Waals surface area (Å²) in [4.78, 5) is 22.7. The summed E-state index contributed by atoms with van der Waals surface area (Å²) in [6, 6.07) is 2.80. The van der Waals surface area contributed by atoms with Crippen LogP contribution in [0.25, 0.3) is 0 Å². The Labute approximate surface area is 86.0 Å². The van der Waals surface area contributed by atoms with Gasteiger partial charge in [0, 0.05) is 5.92 Å². The molecule has 0 aliphatic carbocycles. The zero-order valence-electron chi connectivity index (χ0n) is 8.19. The van der Waals surface area contributed by atoms with Gasteiger partial charge < -0.3 is 13.9 Å². The SMILES string of the molecule is CC1COC(=O)c2ccc(o2)C(=O)OC1. The molecular formula is C10H10O5. The first kappa shape index (κ1) is 9.76. The molecule has 1 aromatic rings. The van der Waals surface area contributed by atoms with E-state index >= 15 is 0 Å². The van der Waals surface area contributed by atoms with Gasteiger partial charge in [-0.3, -0.25) is 0 Å². The summed E-state index contributed by atoms with van der Waals surface area (Å²) in [5, 5.41) is 0. The highest BCUT2D eigenvalue weighted by Crippen LogP contribution is 2.13. The van der Waals surface area contributed by atoms with Crippen molar-refractivity contribution in [1.29, 1.82) is 0 Å². The third-order valence-corrected chi connectivity index (χ3v) is 2.01. The summed E-state index contributed by atoms with van der Waals surface area (Å²) in [6.45, 7) is 2.25. The summed E-state index contributed by atoms with van der Waals surface area (Å²) in [5.74, 6) is -1.07. The zero-order chi connectivity index (χ0) is 10.8. The molecule has 5 nitrogen and oxygen atoms in total. The molecule has 0 saturated carbocycles. The first-order chi connectivity index (χ1) is 7.16. The topological polar surface area (TPSA) is 65.7 Å². The predicted octanol–water partition coefficient (Wildman–Crippen LogP) is 1.24. The highest BCUT2D eigenvalue weighted by molar-refractivity contribution is 5.90. The van der Waals surface area contributed by atoms with E-state index in [-0.39, 0.29) is 30.7 Å². The zero-order valence-corrected chi connectivity index (χ0v) is 8.19. The number of hydrogen-bond donors (Lipinski definition) is 0. The van der Waals surface area contributed by atoms with Gasteiger partial charge in [-0.2, -0.15) is 0 Å². The summed E-state index contributed by atoms with van der Waals surface area (Å²) >= 11 is 0. The highest BCUT2D eigenvalue weighted by atomic mass is 16.6. The van der Waals surface area contributed by atoms with Crippen LogP contribution >= 0.6 is 0 Å². The second kappa shape index (κ2) is 3.76. The van der Waals surface area contributed by atoms with Crippen LogP contribution in [-0.2, 0) is 9.47 Å². The molecule has 0 saturated heterocycles. The average molecular weight is 210 g/mol. The maximum atomic E-state index is 11.3. The van der Waals surface area contributed by atoms with Crippen LogP contribution in [0.4, 0.5) is 0 Å². The number of cyclic esters (lactones) is 2. The molecule has 2 bridgehead atoms. The Balaban J connectivity index is 2.28. The van der Waals surface area contributed by atoms with Gasteiger partial charge in [0.15, 0.2) is 0 Å². The van der Waals surface area contributed by atoms with E-state index in [1.807, 2.05) is 6.92 Å². The van der Waals surface area contributed by atoms with Crippen LogP contribution in [0.3, 0.4) is 0 Å². The molecule has 0 unspecified atom stereocenters. The molecule has 0 spiro atoms. The fourth-order valence-corrected chi connectivity index (χ4v) is 1.18. The van der Waals surface area contributed by atoms with Crippen LogP contribution in [0.5, 0.6) is 0 Å². The standard InChI is InChI=1S/C10H10O5/c1-6-4-13-9(11)7-2-3-8(15-7)10(12)14-5-6/h2-3,6H,4-5H2,1H3. The summed E-state index contributed by atoms with van der Waals surface area (Å²) < 4.78 is 14.8. The third kappa shape index (κ3) is 2.01. The average Bonchev–Trinajstić information content (AvgIpc) is 2.70. The predicted molar refractivity (Wildman–Crippen MR) is 48.4 cm³/mol. The van der Waals surface area contributed by atoms with Gasteiger partial charge in [0.25, 0.3) is 0 Å². The van der Waals surface area contributed by atoms with Crippen molar-refractivity contribution in [2.45, 2.75) is 6.92 Å². The van der Waals surface area contributed by atoms with E-state index in [0.29, 0.717) is 0 Å². The van der Waals surface area contributed by atoms with E-state index in [2.05, 4.69) is 0 Å². The molecule has 0 aromatic carbocycles. The molecule has 2 rings (SSSR count). The van der Waals surface area contributed by atoms with Crippen molar-refractivity contribution < 1.29 is 23.5 Å². The number of fused-ring (bicyclic) bond motifs is 2. The Morgan fingerprint density at radius 1 is 1.07 bits per heavy atom. The van der Waals surface area contributed by atoms with Crippen LogP contribution in [0, 0.1) is 5.92 Å². The van der Waals surface area contributed by atoms with Crippen molar-refractivity contribution in [1.82, 2.24) is 0 Å². The maximum absolute atomic E-state index is 11.3. The van der Waals surface area contributed by atoms with Crippen LogP contribution in [0.1, 0.15) is 28.0 Å². The Morgan fingerprint density at radius 2 is 1.53 bits per heavy atom. The Hall–Kier alpha value is -1.78. The minimum absolute atomic E-state index is 0.0170. The van der Waals surface area contributed by atoms with E-state index in [4.69, 9.17) is 13.9 Å². The molecular weight excluding hydrogens is 200 g/mol. The Morgan fingerprint density at radius 3 is 2.00 bits per heavy atom. The second-order valence-corrected chi connectivity index (χ2v) is 3.47. The van der Waals surface area contributed by atoms with Crippen LogP contribution < -0.4 is 0 Å². The number of carbonyl (C=O) groups is 2. The number of ether oxygens (including phenoxy) is 2. The second-order valence-electron chi connectivity index (χ2n) is 3.47. The first-order valence-corrected chi connectivity index (χ1v) is 4.61. The van der Waals surface area contributed by atoms with E-state index in [9.17, 15) is 9.59 Å². The Bertz CT molecular complexity index is 358. The van der Waals surface area contributed by atoms with E-state index in [0.717, 1.165) is 0 Å². The highest BCUT2D eigenvalue weighted by Gasteiger charge is 2.21. The van der Waals surface area contributed by atoms with Crippen LogP contribution in [0.2, 0.25) is 0 Å². The number of furan rings is 1. The van der Waals surface area contributed by atoms with Crippen LogP contribution in [0.15, 0.2) is 16.5 Å². The largest absolute Gasteiger partial charge is 0.459 e. The van der Waals surface area contributed by atoms with Crippen LogP contribution in [-0.4, -0.2) is 25.2 Å². The molecule has 80 valence electrons. The molecule has 5 heteroatoms. The number of esters is 2. The monoisotopic (exact) mass is 210 g/mol. The molecule has 0 amide bonds. The fraction of sp³-hybridized carbons (Fsp3) is 0.400. The van der Waals surface area contributed by atoms with Gasteiger partial charge in [-0.1, -0.05) is 6.92 Å². The number of rotatable bonds is 0. The molecule has 2 heterocycles. The lowest BCUT2D eigenvalue weighted by atomic mass is 10.2. The van der Waals surface area contributed by atoms with Crippen molar-refractivity contribution in [2.24, 2.45) is 5.92 Å². The van der Waals surface area contributed by atoms with Crippen molar-refractivity contribution in [3.05, 3.63) is 23.7 Å². The fourth-order valence-electron chi connectivity index (χ4n) is 1.18. The molecule has 0 fully saturated rings. The molecule has 0 radical (unpaired) electrons. The molecule has 15 heavy (non-hydrogen) atoms. The van der Waals surface area contributed by atoms with Crippen molar-refractivity contribution in [3.8, 4) is 0 Å².